The number of rotatable bonds is 2. The first-order valence-corrected chi connectivity index (χ1v) is 8.87. The van der Waals surface area contributed by atoms with Gasteiger partial charge in [0.2, 0.25) is 5.78 Å². The molecule has 0 unspecified atom stereocenters. The second-order valence-electron chi connectivity index (χ2n) is 3.79. The Labute approximate surface area is 120 Å². The van der Waals surface area contributed by atoms with Crippen molar-refractivity contribution in [1.82, 2.24) is 0 Å². The minimum absolute atomic E-state index is 0.163. The van der Waals surface area contributed by atoms with Gasteiger partial charge in [-0.05, 0) is 51.2 Å². The summed E-state index contributed by atoms with van der Waals surface area (Å²) in [5.41, 5.74) is 1.36. The van der Waals surface area contributed by atoms with E-state index in [1.807, 2.05) is 23.2 Å². The number of thioether (sulfide) groups is 1. The van der Waals surface area contributed by atoms with Gasteiger partial charge in [-0.2, -0.15) is 11.8 Å². The highest BCUT2D eigenvalue weighted by Crippen LogP contribution is 2.34. The molecule has 0 fully saturated rings. The molecule has 0 atom stereocenters. The van der Waals surface area contributed by atoms with E-state index in [9.17, 15) is 4.79 Å². The molecule has 0 bridgehead atoms. The van der Waals surface area contributed by atoms with Gasteiger partial charge in [0.25, 0.3) is 0 Å². The van der Waals surface area contributed by atoms with Crippen molar-refractivity contribution in [2.75, 3.05) is 5.75 Å². The van der Waals surface area contributed by atoms with Gasteiger partial charge in [0.15, 0.2) is 0 Å². The van der Waals surface area contributed by atoms with E-state index in [0.29, 0.717) is 0 Å². The van der Waals surface area contributed by atoms with Gasteiger partial charge in [-0.15, -0.1) is 22.7 Å². The van der Waals surface area contributed by atoms with Crippen LogP contribution in [0, 0.1) is 0 Å². The van der Waals surface area contributed by atoms with E-state index < -0.39 is 0 Å². The molecule has 1 aliphatic rings. The fourth-order valence-corrected chi connectivity index (χ4v) is 5.72. The molecule has 0 saturated heterocycles. The third kappa shape index (κ3) is 2.26. The van der Waals surface area contributed by atoms with Gasteiger partial charge < -0.3 is 0 Å². The van der Waals surface area contributed by atoms with Crippen LogP contribution in [0.4, 0.5) is 0 Å². The summed E-state index contributed by atoms with van der Waals surface area (Å²) in [5, 5.41) is 1.95. The first-order chi connectivity index (χ1) is 8.25. The summed E-state index contributed by atoms with van der Waals surface area (Å²) in [4.78, 5) is 15.4. The van der Waals surface area contributed by atoms with Crippen molar-refractivity contribution < 1.29 is 4.79 Å². The zero-order valence-corrected chi connectivity index (χ0v) is 12.9. The average molecular weight is 345 g/mol. The summed E-state index contributed by atoms with van der Waals surface area (Å²) in [7, 11) is 0. The minimum atomic E-state index is 0.163. The molecule has 0 radical (unpaired) electrons. The van der Waals surface area contributed by atoms with Crippen LogP contribution in [-0.4, -0.2) is 11.5 Å². The zero-order valence-electron chi connectivity index (χ0n) is 8.86. The van der Waals surface area contributed by atoms with E-state index in [4.69, 9.17) is 0 Å². The van der Waals surface area contributed by atoms with Crippen LogP contribution in [0.3, 0.4) is 0 Å². The van der Waals surface area contributed by atoms with E-state index in [-0.39, 0.29) is 5.78 Å². The maximum atomic E-state index is 12.3. The molecule has 0 aromatic carbocycles. The quantitative estimate of drug-likeness (QED) is 0.741. The fraction of sp³-hybridized carbons (Fsp3) is 0.250. The summed E-state index contributed by atoms with van der Waals surface area (Å²) in [5.74, 6) is 2.41. The molecule has 5 heteroatoms. The van der Waals surface area contributed by atoms with Crippen molar-refractivity contribution in [3.8, 4) is 0 Å². The third-order valence-corrected chi connectivity index (χ3v) is 6.76. The molecule has 17 heavy (non-hydrogen) atoms. The van der Waals surface area contributed by atoms with E-state index >= 15 is 0 Å². The molecule has 0 N–H and O–H groups in total. The Kier molecular flexibility index (Phi) is 3.43. The lowest BCUT2D eigenvalue weighted by Gasteiger charge is -2.08. The SMILES string of the molecule is O=C(c1cc2c(s1)CCSC2)c1sccc1Br. The highest BCUT2D eigenvalue weighted by atomic mass is 79.9. The van der Waals surface area contributed by atoms with Gasteiger partial charge in [0.1, 0.15) is 0 Å². The van der Waals surface area contributed by atoms with Crippen LogP contribution in [0.5, 0.6) is 0 Å². The Hall–Kier alpha value is -0.100. The number of thiophene rings is 2. The van der Waals surface area contributed by atoms with Crippen LogP contribution >= 0.6 is 50.4 Å². The molecule has 2 aromatic rings. The predicted octanol–water partition coefficient (Wildman–Crippen LogP) is 4.59. The van der Waals surface area contributed by atoms with E-state index in [1.165, 1.54) is 27.5 Å². The Morgan fingerprint density at radius 3 is 3.00 bits per heavy atom. The number of hydrogen-bond acceptors (Lipinski definition) is 4. The maximum absolute atomic E-state index is 12.3. The first kappa shape index (κ1) is 12.0. The van der Waals surface area contributed by atoms with Crippen LogP contribution < -0.4 is 0 Å². The Bertz CT molecular complexity index is 547. The number of hydrogen-bond donors (Lipinski definition) is 0. The highest BCUT2D eigenvalue weighted by molar-refractivity contribution is 9.10. The van der Waals surface area contributed by atoms with Crippen LogP contribution in [-0.2, 0) is 12.2 Å². The number of aryl methyl sites for hydroxylation is 1. The molecule has 0 amide bonds. The monoisotopic (exact) mass is 344 g/mol. The smallest absolute Gasteiger partial charge is 0.214 e. The van der Waals surface area contributed by atoms with Gasteiger partial charge in [0.05, 0.1) is 9.75 Å². The summed E-state index contributed by atoms with van der Waals surface area (Å²) < 4.78 is 0.910. The number of carbonyl (C=O) groups is 1. The second-order valence-corrected chi connectivity index (χ2v) is 7.80. The first-order valence-electron chi connectivity index (χ1n) is 5.22. The summed E-state index contributed by atoms with van der Waals surface area (Å²) in [6.45, 7) is 0. The van der Waals surface area contributed by atoms with Crippen molar-refractivity contribution >= 4 is 56.1 Å². The van der Waals surface area contributed by atoms with Crippen molar-refractivity contribution in [3.63, 3.8) is 0 Å². The molecule has 0 aliphatic carbocycles. The molecular weight excluding hydrogens is 336 g/mol. The number of halogens is 1. The van der Waals surface area contributed by atoms with Crippen LogP contribution in [0.15, 0.2) is 22.0 Å². The van der Waals surface area contributed by atoms with Crippen molar-refractivity contribution in [1.29, 1.82) is 0 Å². The van der Waals surface area contributed by atoms with Crippen molar-refractivity contribution in [3.05, 3.63) is 42.2 Å². The number of ketones is 1. The summed E-state index contributed by atoms with van der Waals surface area (Å²) >= 11 is 8.55. The molecule has 0 saturated carbocycles. The van der Waals surface area contributed by atoms with Crippen LogP contribution in [0.1, 0.15) is 25.0 Å². The van der Waals surface area contributed by atoms with Gasteiger partial charge >= 0.3 is 0 Å². The standard InChI is InChI=1S/C12H9BrOS3/c13-8-1-4-16-12(8)11(14)10-5-7-6-15-3-2-9(7)17-10/h1,4-5H,2-3,6H2. The molecule has 1 aliphatic heterocycles. The topological polar surface area (TPSA) is 17.1 Å². The Morgan fingerprint density at radius 2 is 2.29 bits per heavy atom. The molecule has 88 valence electrons. The van der Waals surface area contributed by atoms with E-state index in [1.54, 1.807) is 11.3 Å². The zero-order chi connectivity index (χ0) is 11.8. The lowest BCUT2D eigenvalue weighted by atomic mass is 10.2. The number of fused-ring (bicyclic) bond motifs is 1. The van der Waals surface area contributed by atoms with Crippen molar-refractivity contribution in [2.24, 2.45) is 0 Å². The van der Waals surface area contributed by atoms with Crippen LogP contribution in [0.25, 0.3) is 0 Å². The van der Waals surface area contributed by atoms with E-state index in [0.717, 1.165) is 26.4 Å². The Balaban J connectivity index is 1.97. The largest absolute Gasteiger partial charge is 0.287 e. The lowest BCUT2D eigenvalue weighted by molar-refractivity contribution is 0.104. The molecule has 3 rings (SSSR count). The molecule has 2 aromatic heterocycles. The second kappa shape index (κ2) is 4.88. The highest BCUT2D eigenvalue weighted by Gasteiger charge is 2.20. The molecule has 3 heterocycles. The molecule has 1 nitrogen and oxygen atoms in total. The molecular formula is C12H9BrOS3. The predicted molar refractivity (Wildman–Crippen MR) is 79.6 cm³/mol. The fourth-order valence-electron chi connectivity index (χ4n) is 1.83. The third-order valence-electron chi connectivity index (χ3n) is 2.67. The van der Waals surface area contributed by atoms with Gasteiger partial charge in [0, 0.05) is 15.1 Å². The van der Waals surface area contributed by atoms with Crippen molar-refractivity contribution in [2.45, 2.75) is 12.2 Å². The normalized spacial score (nSPS) is 14.6. The van der Waals surface area contributed by atoms with Gasteiger partial charge in [-0.25, -0.2) is 0 Å². The summed E-state index contributed by atoms with van der Waals surface area (Å²) in [6.07, 6.45) is 1.11. The molecule has 0 spiro atoms. The summed E-state index contributed by atoms with van der Waals surface area (Å²) in [6, 6.07) is 4.02. The van der Waals surface area contributed by atoms with Crippen LogP contribution in [0.2, 0.25) is 0 Å². The lowest BCUT2D eigenvalue weighted by Crippen LogP contribution is -1.96. The van der Waals surface area contributed by atoms with Gasteiger partial charge in [-0.1, -0.05) is 0 Å². The maximum Gasteiger partial charge on any atom is 0.214 e. The van der Waals surface area contributed by atoms with E-state index in [2.05, 4.69) is 22.0 Å². The Morgan fingerprint density at radius 1 is 1.41 bits per heavy atom. The minimum Gasteiger partial charge on any atom is -0.287 e. The number of carbonyl (C=O) groups excluding carboxylic acids is 1. The van der Waals surface area contributed by atoms with Gasteiger partial charge in [-0.3, -0.25) is 4.79 Å². The average Bonchev–Trinajstić information content (AvgIpc) is 2.93.